The minimum Gasteiger partial charge on any atom is -0.508 e. The molecular formula is C21H16O5. The second kappa shape index (κ2) is 6.44. The molecule has 3 aromatic rings. The van der Waals surface area contributed by atoms with Gasteiger partial charge >= 0.3 is 5.63 Å². The van der Waals surface area contributed by atoms with Gasteiger partial charge in [-0.25, -0.2) is 4.79 Å². The van der Waals surface area contributed by atoms with E-state index in [1.54, 1.807) is 30.4 Å². The van der Waals surface area contributed by atoms with E-state index >= 15 is 0 Å². The van der Waals surface area contributed by atoms with E-state index in [1.807, 2.05) is 30.3 Å². The lowest BCUT2D eigenvalue weighted by Crippen LogP contribution is -2.09. The van der Waals surface area contributed by atoms with Crippen LogP contribution in [0.1, 0.15) is 11.7 Å². The Hall–Kier alpha value is -3.47. The van der Waals surface area contributed by atoms with E-state index in [-0.39, 0.29) is 5.76 Å². The molecule has 0 bridgehead atoms. The van der Waals surface area contributed by atoms with E-state index in [0.29, 0.717) is 27.8 Å². The fourth-order valence-corrected chi connectivity index (χ4v) is 3.02. The average Bonchev–Trinajstić information content (AvgIpc) is 2.67. The molecule has 0 saturated carbocycles. The highest BCUT2D eigenvalue weighted by molar-refractivity contribution is 5.84. The number of ether oxygens (including phenoxy) is 2. The molecule has 1 aliphatic rings. The third kappa shape index (κ3) is 2.73. The summed E-state index contributed by atoms with van der Waals surface area (Å²) in [5.74, 6) is 0.541. The van der Waals surface area contributed by atoms with Crippen LogP contribution in [0.5, 0.6) is 5.75 Å². The number of hydrogen-bond acceptors (Lipinski definition) is 5. The van der Waals surface area contributed by atoms with E-state index in [0.717, 1.165) is 5.56 Å². The van der Waals surface area contributed by atoms with E-state index in [2.05, 4.69) is 0 Å². The van der Waals surface area contributed by atoms with Gasteiger partial charge in [0.15, 0.2) is 6.10 Å². The van der Waals surface area contributed by atoms with E-state index in [4.69, 9.17) is 13.9 Å². The van der Waals surface area contributed by atoms with Crippen molar-refractivity contribution in [2.75, 3.05) is 7.11 Å². The van der Waals surface area contributed by atoms with Crippen molar-refractivity contribution in [2.45, 2.75) is 6.10 Å². The number of fused-ring (bicyclic) bond motifs is 1. The van der Waals surface area contributed by atoms with E-state index < -0.39 is 11.7 Å². The molecule has 130 valence electrons. The van der Waals surface area contributed by atoms with Crippen LogP contribution in [-0.4, -0.2) is 12.2 Å². The molecule has 0 spiro atoms. The number of hydrogen-bond donors (Lipinski definition) is 1. The number of benzene rings is 2. The van der Waals surface area contributed by atoms with Gasteiger partial charge in [-0.3, -0.25) is 0 Å². The Morgan fingerprint density at radius 1 is 1.12 bits per heavy atom. The first-order valence-corrected chi connectivity index (χ1v) is 8.10. The van der Waals surface area contributed by atoms with Crippen molar-refractivity contribution in [3.8, 4) is 16.9 Å². The van der Waals surface area contributed by atoms with Gasteiger partial charge < -0.3 is 19.0 Å². The molecule has 1 aromatic heterocycles. The molecule has 1 atom stereocenters. The lowest BCUT2D eigenvalue weighted by atomic mass is 10.0. The number of rotatable bonds is 3. The van der Waals surface area contributed by atoms with Gasteiger partial charge in [-0.2, -0.15) is 0 Å². The summed E-state index contributed by atoms with van der Waals surface area (Å²) in [4.78, 5) is 12.4. The normalized spacial score (nSPS) is 16.2. The lowest BCUT2D eigenvalue weighted by Gasteiger charge is -2.21. The molecule has 1 N–H and O–H groups in total. The number of aliphatic hydroxyl groups is 1. The van der Waals surface area contributed by atoms with Gasteiger partial charge in [-0.15, -0.1) is 0 Å². The molecule has 0 saturated heterocycles. The fourth-order valence-electron chi connectivity index (χ4n) is 3.02. The maximum absolute atomic E-state index is 12.4. The molecule has 26 heavy (non-hydrogen) atoms. The van der Waals surface area contributed by atoms with Crippen molar-refractivity contribution >= 4 is 11.0 Å². The summed E-state index contributed by atoms with van der Waals surface area (Å²) in [5, 5.41) is 10.9. The Balaban J connectivity index is 1.91. The van der Waals surface area contributed by atoms with Crippen molar-refractivity contribution in [3.63, 3.8) is 0 Å². The molecule has 0 radical (unpaired) electrons. The van der Waals surface area contributed by atoms with E-state index in [9.17, 15) is 9.90 Å². The predicted molar refractivity (Wildman–Crippen MR) is 98.1 cm³/mol. The van der Waals surface area contributed by atoms with Crippen molar-refractivity contribution in [1.29, 1.82) is 0 Å². The van der Waals surface area contributed by atoms with Gasteiger partial charge in [0.2, 0.25) is 0 Å². The largest absolute Gasteiger partial charge is 0.508 e. The minimum absolute atomic E-state index is 0.0748. The summed E-state index contributed by atoms with van der Waals surface area (Å²) >= 11 is 0. The SMILES string of the molecule is COc1cc2oc(=O)c(-c3ccccc3)cc2cc1C1OC=CC=C1O. The maximum atomic E-state index is 12.4. The third-order valence-electron chi connectivity index (χ3n) is 4.28. The van der Waals surface area contributed by atoms with Crippen LogP contribution >= 0.6 is 0 Å². The molecule has 5 heteroatoms. The van der Waals surface area contributed by atoms with Gasteiger partial charge in [-0.05, 0) is 29.8 Å². The number of aliphatic hydroxyl groups excluding tert-OH is 1. The lowest BCUT2D eigenvalue weighted by molar-refractivity contribution is 0.122. The molecule has 2 aromatic carbocycles. The van der Waals surface area contributed by atoms with Gasteiger partial charge in [0.05, 0.1) is 18.9 Å². The zero-order valence-corrected chi connectivity index (χ0v) is 14.0. The predicted octanol–water partition coefficient (Wildman–Crippen LogP) is 4.50. The highest BCUT2D eigenvalue weighted by Gasteiger charge is 2.24. The Morgan fingerprint density at radius 2 is 1.92 bits per heavy atom. The number of methoxy groups -OCH3 is 1. The second-order valence-electron chi connectivity index (χ2n) is 5.88. The Labute approximate surface area is 149 Å². The topological polar surface area (TPSA) is 68.9 Å². The summed E-state index contributed by atoms with van der Waals surface area (Å²) < 4.78 is 16.4. The molecule has 1 aliphatic heterocycles. The monoisotopic (exact) mass is 348 g/mol. The maximum Gasteiger partial charge on any atom is 0.344 e. The minimum atomic E-state index is -0.675. The molecule has 0 aliphatic carbocycles. The first kappa shape index (κ1) is 16.0. The van der Waals surface area contributed by atoms with Crippen LogP contribution in [0.25, 0.3) is 22.1 Å². The van der Waals surface area contributed by atoms with Crippen molar-refractivity contribution in [1.82, 2.24) is 0 Å². The molecule has 4 rings (SSSR count). The fraction of sp³-hybridized carbons (Fsp3) is 0.0952. The summed E-state index contributed by atoms with van der Waals surface area (Å²) in [5.41, 5.74) is 1.88. The second-order valence-corrected chi connectivity index (χ2v) is 5.88. The van der Waals surface area contributed by atoms with Crippen LogP contribution in [0.15, 0.2) is 81.9 Å². The zero-order valence-electron chi connectivity index (χ0n) is 14.0. The molecular weight excluding hydrogens is 332 g/mol. The quantitative estimate of drug-likeness (QED) is 0.706. The Bertz CT molecular complexity index is 1080. The van der Waals surface area contributed by atoms with Gasteiger partial charge in [0.25, 0.3) is 0 Å². The third-order valence-corrected chi connectivity index (χ3v) is 4.28. The van der Waals surface area contributed by atoms with Crippen LogP contribution in [0.3, 0.4) is 0 Å². The van der Waals surface area contributed by atoms with Gasteiger partial charge in [-0.1, -0.05) is 30.3 Å². The van der Waals surface area contributed by atoms with Gasteiger partial charge in [0.1, 0.15) is 17.1 Å². The summed E-state index contributed by atoms with van der Waals surface area (Å²) in [6.07, 6.45) is 4.02. The molecule has 5 nitrogen and oxygen atoms in total. The molecule has 0 fully saturated rings. The first-order chi connectivity index (χ1) is 12.7. The van der Waals surface area contributed by atoms with Crippen molar-refractivity contribution in [3.05, 3.63) is 88.7 Å². The highest BCUT2D eigenvalue weighted by atomic mass is 16.5. The van der Waals surface area contributed by atoms with Crippen LogP contribution < -0.4 is 10.4 Å². The molecule has 1 unspecified atom stereocenters. The van der Waals surface area contributed by atoms with Crippen LogP contribution in [0.2, 0.25) is 0 Å². The summed E-state index contributed by atoms with van der Waals surface area (Å²) in [6.45, 7) is 0. The smallest absolute Gasteiger partial charge is 0.344 e. The zero-order chi connectivity index (χ0) is 18.1. The van der Waals surface area contributed by atoms with Crippen molar-refractivity contribution in [2.24, 2.45) is 0 Å². The molecule has 0 amide bonds. The van der Waals surface area contributed by atoms with Gasteiger partial charge in [0, 0.05) is 17.0 Å². The Kier molecular flexibility index (Phi) is 3.97. The van der Waals surface area contributed by atoms with Crippen LogP contribution in [-0.2, 0) is 4.74 Å². The Morgan fingerprint density at radius 3 is 2.65 bits per heavy atom. The van der Waals surface area contributed by atoms with Crippen LogP contribution in [0.4, 0.5) is 0 Å². The average molecular weight is 348 g/mol. The van der Waals surface area contributed by atoms with Crippen LogP contribution in [0, 0.1) is 0 Å². The summed E-state index contributed by atoms with van der Waals surface area (Å²) in [6, 6.07) is 14.5. The highest BCUT2D eigenvalue weighted by Crippen LogP contribution is 2.37. The number of allylic oxidation sites excluding steroid dienone is 2. The first-order valence-electron chi connectivity index (χ1n) is 8.10. The molecule has 2 heterocycles. The summed E-state index contributed by atoms with van der Waals surface area (Å²) in [7, 11) is 1.51. The van der Waals surface area contributed by atoms with Crippen molar-refractivity contribution < 1.29 is 19.0 Å². The standard InChI is InChI=1S/C21H16O5/c1-24-19-12-18-14(11-16(19)20-17(22)8-5-9-25-20)10-15(21(23)26-18)13-6-3-2-4-7-13/h2-12,20,22H,1H3. The van der Waals surface area contributed by atoms with E-state index in [1.165, 1.54) is 13.4 Å².